The Bertz CT molecular complexity index is 1210. The molecule has 2 aromatic carbocycles. The van der Waals surface area contributed by atoms with E-state index in [-0.39, 0.29) is 29.2 Å². The number of thioether (sulfide) groups is 1. The number of carbonyl (C=O) groups is 1. The van der Waals surface area contributed by atoms with Crippen molar-refractivity contribution in [1.82, 2.24) is 4.90 Å². The van der Waals surface area contributed by atoms with E-state index in [0.29, 0.717) is 5.17 Å². The van der Waals surface area contributed by atoms with E-state index in [1.165, 1.54) is 36.0 Å². The molecule has 1 atom stereocenters. The number of rotatable bonds is 6. The molecule has 5 rings (SSSR count). The Labute approximate surface area is 203 Å². The Morgan fingerprint density at radius 3 is 2.20 bits per heavy atom. The second-order valence-corrected chi connectivity index (χ2v) is 9.08. The van der Waals surface area contributed by atoms with Crippen molar-refractivity contribution in [3.8, 4) is 11.5 Å². The van der Waals surface area contributed by atoms with Crippen molar-refractivity contribution in [2.75, 3.05) is 5.75 Å². The van der Waals surface area contributed by atoms with Crippen LogP contribution in [0.15, 0.2) is 70.4 Å². The molecule has 2 aliphatic heterocycles. The first kappa shape index (κ1) is 23.5. The normalized spacial score (nSPS) is 20.9. The van der Waals surface area contributed by atoms with Crippen LogP contribution in [0.5, 0.6) is 11.5 Å². The number of nitrogens with zero attached hydrogens (tertiary/aromatic N) is 2. The van der Waals surface area contributed by atoms with Gasteiger partial charge in [-0.3, -0.25) is 9.69 Å². The van der Waals surface area contributed by atoms with Crippen LogP contribution in [0.25, 0.3) is 6.08 Å². The second-order valence-electron chi connectivity index (χ2n) is 8.14. The lowest BCUT2D eigenvalue weighted by molar-refractivity contribution is -0.125. The number of alkyl halides is 4. The fourth-order valence-electron chi connectivity index (χ4n) is 4.56. The number of benzene rings is 2. The molecule has 2 heterocycles. The van der Waals surface area contributed by atoms with Gasteiger partial charge in [0.15, 0.2) is 5.17 Å². The molecule has 2 aromatic rings. The molecule has 1 saturated heterocycles. The summed E-state index contributed by atoms with van der Waals surface area (Å²) in [6, 6.07) is 12.4. The number of carbonyl (C=O) groups excluding carboxylic acids is 1. The van der Waals surface area contributed by atoms with Crippen molar-refractivity contribution in [3.05, 3.63) is 76.5 Å². The summed E-state index contributed by atoms with van der Waals surface area (Å²) in [6.07, 6.45) is 4.33. The van der Waals surface area contributed by atoms with E-state index in [2.05, 4.69) is 9.47 Å². The Morgan fingerprint density at radius 2 is 1.57 bits per heavy atom. The topological polar surface area (TPSA) is 51.1 Å². The number of amides is 1. The first-order valence-corrected chi connectivity index (χ1v) is 11.9. The fraction of sp³-hybridized carbons (Fsp3) is 0.280. The highest BCUT2D eigenvalue weighted by Crippen LogP contribution is 2.47. The Kier molecular flexibility index (Phi) is 6.55. The minimum absolute atomic E-state index is 0.0493. The average molecular weight is 505 g/mol. The number of hydrogen-bond acceptors (Lipinski definition) is 5. The van der Waals surface area contributed by atoms with Crippen molar-refractivity contribution in [2.45, 2.75) is 38.5 Å². The van der Waals surface area contributed by atoms with Gasteiger partial charge >= 0.3 is 13.2 Å². The van der Waals surface area contributed by atoms with Gasteiger partial charge < -0.3 is 9.47 Å². The summed E-state index contributed by atoms with van der Waals surface area (Å²) in [5, 5.41) is 0.611. The number of aliphatic imine (C=N–C) groups is 1. The number of fused-ring (bicyclic) bond motifs is 1. The molecule has 10 heteroatoms. The first-order chi connectivity index (χ1) is 16.9. The Hall–Kier alpha value is -3.27. The first-order valence-electron chi connectivity index (χ1n) is 11.0. The van der Waals surface area contributed by atoms with Gasteiger partial charge in [-0.2, -0.15) is 17.6 Å². The summed E-state index contributed by atoms with van der Waals surface area (Å²) in [5.74, 6) is 0.365. The Balaban J connectivity index is 1.52. The highest BCUT2D eigenvalue weighted by Gasteiger charge is 2.42. The molecular formula is C25H20F4N2O3S. The smallest absolute Gasteiger partial charge is 0.387 e. The molecule has 182 valence electrons. The van der Waals surface area contributed by atoms with Gasteiger partial charge in [-0.05, 0) is 71.9 Å². The number of allylic oxidation sites excluding steroid dienone is 1. The molecule has 0 N–H and O–H groups in total. The van der Waals surface area contributed by atoms with Crippen LogP contribution in [-0.2, 0) is 4.79 Å². The quantitative estimate of drug-likeness (QED) is 0.428. The predicted molar refractivity (Wildman–Crippen MR) is 124 cm³/mol. The van der Waals surface area contributed by atoms with Crippen molar-refractivity contribution in [1.29, 1.82) is 0 Å². The minimum Gasteiger partial charge on any atom is -0.435 e. The lowest BCUT2D eigenvalue weighted by Gasteiger charge is -2.37. The van der Waals surface area contributed by atoms with Crippen LogP contribution in [0.2, 0.25) is 0 Å². The number of ether oxygens (including phenoxy) is 2. The molecule has 3 aliphatic rings. The molecule has 0 aromatic heterocycles. The molecule has 0 unspecified atom stereocenters. The van der Waals surface area contributed by atoms with Crippen molar-refractivity contribution < 1.29 is 31.8 Å². The minimum atomic E-state index is -2.91. The SMILES string of the molecule is O=C1CSC2=NC3=C(CCC/C3=C\c3ccc(OC(F)F)cc3)[C@@H](c3ccc(OC(F)F)cc3)N12. The molecule has 0 radical (unpaired) electrons. The summed E-state index contributed by atoms with van der Waals surface area (Å²) >= 11 is 1.37. The number of halogens is 4. The highest BCUT2D eigenvalue weighted by atomic mass is 32.2. The molecule has 35 heavy (non-hydrogen) atoms. The van der Waals surface area contributed by atoms with Crippen LogP contribution < -0.4 is 9.47 Å². The molecule has 5 nitrogen and oxygen atoms in total. The third-order valence-corrected chi connectivity index (χ3v) is 6.90. The maximum atomic E-state index is 12.8. The molecular weight excluding hydrogens is 484 g/mol. The summed E-state index contributed by atoms with van der Waals surface area (Å²) in [5.41, 5.74) is 4.40. The number of hydrogen-bond donors (Lipinski definition) is 0. The highest BCUT2D eigenvalue weighted by molar-refractivity contribution is 8.15. The molecule has 1 amide bonds. The monoisotopic (exact) mass is 504 g/mol. The second kappa shape index (κ2) is 9.77. The van der Waals surface area contributed by atoms with E-state index in [1.54, 1.807) is 29.2 Å². The third-order valence-electron chi connectivity index (χ3n) is 5.96. The zero-order valence-corrected chi connectivity index (χ0v) is 19.1. The molecule has 0 bridgehead atoms. The zero-order valence-electron chi connectivity index (χ0n) is 18.3. The van der Waals surface area contributed by atoms with Crippen molar-refractivity contribution in [3.63, 3.8) is 0 Å². The van der Waals surface area contributed by atoms with E-state index in [4.69, 9.17) is 4.99 Å². The fourth-order valence-corrected chi connectivity index (χ4v) is 5.45. The van der Waals surface area contributed by atoms with Gasteiger partial charge in [-0.25, -0.2) is 4.99 Å². The van der Waals surface area contributed by atoms with Crippen LogP contribution in [0.3, 0.4) is 0 Å². The summed E-state index contributed by atoms with van der Waals surface area (Å²) in [4.78, 5) is 19.3. The van der Waals surface area contributed by atoms with E-state index >= 15 is 0 Å². The number of amidine groups is 1. The van der Waals surface area contributed by atoms with Gasteiger partial charge in [0.1, 0.15) is 11.5 Å². The van der Waals surface area contributed by atoms with E-state index < -0.39 is 13.2 Å². The largest absolute Gasteiger partial charge is 0.435 e. The average Bonchev–Trinajstić information content (AvgIpc) is 3.19. The molecule has 0 saturated carbocycles. The van der Waals surface area contributed by atoms with Crippen LogP contribution in [0.1, 0.15) is 36.4 Å². The maximum absolute atomic E-state index is 12.8. The van der Waals surface area contributed by atoms with E-state index in [9.17, 15) is 22.4 Å². The molecule has 1 fully saturated rings. The Morgan fingerprint density at radius 1 is 0.943 bits per heavy atom. The van der Waals surface area contributed by atoms with Gasteiger partial charge in [0.2, 0.25) is 5.91 Å². The van der Waals surface area contributed by atoms with Gasteiger partial charge in [0.05, 0.1) is 17.5 Å². The van der Waals surface area contributed by atoms with Crippen molar-refractivity contribution in [2.24, 2.45) is 4.99 Å². The lowest BCUT2D eigenvalue weighted by Crippen LogP contribution is -2.38. The predicted octanol–water partition coefficient (Wildman–Crippen LogP) is 6.40. The van der Waals surface area contributed by atoms with Gasteiger partial charge in [-0.1, -0.05) is 36.0 Å². The van der Waals surface area contributed by atoms with Crippen molar-refractivity contribution >= 4 is 28.9 Å². The zero-order chi connectivity index (χ0) is 24.5. The van der Waals surface area contributed by atoms with E-state index in [0.717, 1.165) is 47.2 Å². The van der Waals surface area contributed by atoms with Gasteiger partial charge in [0.25, 0.3) is 0 Å². The van der Waals surface area contributed by atoms with Crippen LogP contribution in [0, 0.1) is 0 Å². The van der Waals surface area contributed by atoms with Gasteiger partial charge in [0, 0.05) is 0 Å². The molecule has 1 aliphatic carbocycles. The van der Waals surface area contributed by atoms with Gasteiger partial charge in [-0.15, -0.1) is 0 Å². The lowest BCUT2D eigenvalue weighted by atomic mass is 9.83. The summed E-state index contributed by atoms with van der Waals surface area (Å²) < 4.78 is 58.9. The van der Waals surface area contributed by atoms with Crippen LogP contribution in [-0.4, -0.2) is 35.0 Å². The molecule has 0 spiro atoms. The maximum Gasteiger partial charge on any atom is 0.387 e. The summed E-state index contributed by atoms with van der Waals surface area (Å²) in [6.45, 7) is -5.80. The van der Waals surface area contributed by atoms with Crippen LogP contribution >= 0.6 is 11.8 Å². The van der Waals surface area contributed by atoms with Crippen LogP contribution in [0.4, 0.5) is 17.6 Å². The standard InChI is InChI=1S/C25H20F4N2O3S/c26-23(27)33-17-8-4-14(5-9-17)12-16-2-1-3-19-21(16)30-25-31(20(32)13-35-25)22(19)15-6-10-18(11-7-15)34-24(28)29/h4-12,22-24H,1-3,13H2/b16-12+/t22-/m1/s1. The van der Waals surface area contributed by atoms with E-state index in [1.807, 2.05) is 6.08 Å². The summed E-state index contributed by atoms with van der Waals surface area (Å²) in [7, 11) is 0. The third kappa shape index (κ3) is 4.93.